The monoisotopic (exact) mass is 367 g/mol. The van der Waals surface area contributed by atoms with E-state index in [2.05, 4.69) is 10.4 Å². The zero-order valence-corrected chi connectivity index (χ0v) is 15.6. The molecule has 0 spiro atoms. The van der Waals surface area contributed by atoms with Gasteiger partial charge in [-0.15, -0.1) is 0 Å². The third kappa shape index (κ3) is 3.86. The van der Waals surface area contributed by atoms with Crippen LogP contribution in [0.1, 0.15) is 33.1 Å². The molecule has 0 saturated heterocycles. The molecule has 4 rings (SSSR count). The number of hydrogen-bond acceptors (Lipinski definition) is 2. The van der Waals surface area contributed by atoms with Crippen molar-refractivity contribution >= 4 is 5.91 Å². The molecule has 0 bridgehead atoms. The second-order valence-electron chi connectivity index (χ2n) is 6.74. The van der Waals surface area contributed by atoms with Crippen LogP contribution in [0.15, 0.2) is 97.3 Å². The summed E-state index contributed by atoms with van der Waals surface area (Å²) in [5.74, 6) is -0.110. The fraction of sp³-hybridized carbons (Fsp3) is 0.0833. The maximum Gasteiger partial charge on any atom is 0.252 e. The van der Waals surface area contributed by atoms with Crippen LogP contribution in [0.25, 0.3) is 5.69 Å². The number of carbonyl (C=O) groups excluding carboxylic acids is 1. The second-order valence-corrected chi connectivity index (χ2v) is 6.74. The minimum Gasteiger partial charge on any atom is -0.341 e. The number of aromatic nitrogens is 2. The van der Waals surface area contributed by atoms with Crippen LogP contribution >= 0.6 is 0 Å². The average Bonchev–Trinajstić information content (AvgIpc) is 3.19. The zero-order valence-electron chi connectivity index (χ0n) is 15.6. The Hall–Kier alpha value is -3.66. The lowest BCUT2D eigenvalue weighted by atomic mass is 9.98. The quantitative estimate of drug-likeness (QED) is 0.556. The number of nitrogens with zero attached hydrogens (tertiary/aromatic N) is 2. The van der Waals surface area contributed by atoms with Gasteiger partial charge in [-0.1, -0.05) is 60.7 Å². The highest BCUT2D eigenvalue weighted by molar-refractivity contribution is 5.94. The van der Waals surface area contributed by atoms with Crippen molar-refractivity contribution in [1.82, 2.24) is 15.1 Å². The molecule has 4 aromatic rings. The third-order valence-electron chi connectivity index (χ3n) is 4.65. The van der Waals surface area contributed by atoms with E-state index in [4.69, 9.17) is 0 Å². The Morgan fingerprint density at radius 1 is 0.857 bits per heavy atom. The molecule has 0 atom stereocenters. The predicted molar refractivity (Wildman–Crippen MR) is 110 cm³/mol. The summed E-state index contributed by atoms with van der Waals surface area (Å²) >= 11 is 0. The van der Waals surface area contributed by atoms with Crippen LogP contribution in [0.3, 0.4) is 0 Å². The van der Waals surface area contributed by atoms with Crippen molar-refractivity contribution in [1.29, 1.82) is 0 Å². The lowest BCUT2D eigenvalue weighted by Gasteiger charge is -2.20. The number of nitrogens with one attached hydrogen (secondary N) is 1. The van der Waals surface area contributed by atoms with E-state index in [9.17, 15) is 4.79 Å². The van der Waals surface area contributed by atoms with Gasteiger partial charge in [0.1, 0.15) is 0 Å². The van der Waals surface area contributed by atoms with Crippen molar-refractivity contribution in [3.8, 4) is 5.69 Å². The minimum atomic E-state index is -0.205. The molecule has 1 aromatic heterocycles. The summed E-state index contributed by atoms with van der Waals surface area (Å²) in [5.41, 5.74) is 4.73. The maximum absolute atomic E-state index is 12.9. The van der Waals surface area contributed by atoms with E-state index in [1.807, 2.05) is 104 Å². The van der Waals surface area contributed by atoms with Gasteiger partial charge in [-0.2, -0.15) is 5.10 Å². The van der Waals surface area contributed by atoms with E-state index in [0.717, 1.165) is 22.4 Å². The molecule has 28 heavy (non-hydrogen) atoms. The lowest BCUT2D eigenvalue weighted by molar-refractivity contribution is 0.0943. The van der Waals surface area contributed by atoms with Crippen molar-refractivity contribution < 1.29 is 4.79 Å². The molecule has 0 aliphatic heterocycles. The Morgan fingerprint density at radius 2 is 1.43 bits per heavy atom. The van der Waals surface area contributed by atoms with Crippen molar-refractivity contribution in [2.24, 2.45) is 0 Å². The van der Waals surface area contributed by atoms with Gasteiger partial charge < -0.3 is 5.32 Å². The summed E-state index contributed by atoms with van der Waals surface area (Å²) in [5, 5.41) is 7.47. The van der Waals surface area contributed by atoms with Crippen LogP contribution in [-0.4, -0.2) is 15.7 Å². The molecule has 1 heterocycles. The van der Waals surface area contributed by atoms with Gasteiger partial charge in [0.25, 0.3) is 5.91 Å². The van der Waals surface area contributed by atoms with Crippen LogP contribution < -0.4 is 5.32 Å². The van der Waals surface area contributed by atoms with E-state index in [-0.39, 0.29) is 11.9 Å². The van der Waals surface area contributed by atoms with Crippen LogP contribution in [0.4, 0.5) is 0 Å². The maximum atomic E-state index is 12.9. The number of hydrogen-bond donors (Lipinski definition) is 1. The van der Waals surface area contributed by atoms with Crippen molar-refractivity contribution in [3.05, 3.63) is 120 Å². The molecular formula is C24H21N3O. The van der Waals surface area contributed by atoms with Gasteiger partial charge in [0.05, 0.1) is 17.9 Å². The molecular weight excluding hydrogens is 346 g/mol. The first kappa shape index (κ1) is 17.7. The minimum absolute atomic E-state index is 0.110. The first-order valence-corrected chi connectivity index (χ1v) is 9.23. The molecule has 0 aliphatic rings. The predicted octanol–water partition coefficient (Wildman–Crippen LogP) is 4.70. The van der Waals surface area contributed by atoms with Gasteiger partial charge in [0, 0.05) is 11.8 Å². The van der Waals surface area contributed by atoms with Gasteiger partial charge >= 0.3 is 0 Å². The summed E-state index contributed by atoms with van der Waals surface area (Å²) < 4.78 is 1.80. The smallest absolute Gasteiger partial charge is 0.252 e. The highest BCUT2D eigenvalue weighted by Gasteiger charge is 2.17. The summed E-state index contributed by atoms with van der Waals surface area (Å²) in [4.78, 5) is 12.9. The molecule has 3 aromatic carbocycles. The summed E-state index contributed by atoms with van der Waals surface area (Å²) in [6.45, 7) is 2.00. The summed E-state index contributed by atoms with van der Waals surface area (Å²) in [7, 11) is 0. The van der Waals surface area contributed by atoms with Gasteiger partial charge in [-0.25, -0.2) is 4.68 Å². The van der Waals surface area contributed by atoms with E-state index >= 15 is 0 Å². The molecule has 0 saturated carbocycles. The number of carbonyl (C=O) groups is 1. The van der Waals surface area contributed by atoms with Gasteiger partial charge in [0.2, 0.25) is 0 Å². The molecule has 0 radical (unpaired) electrons. The standard InChI is InChI=1S/C24H21N3O/c1-18-16-25-27(17-18)22-14-12-21(13-15-22)24(28)26-23(19-8-4-2-5-9-19)20-10-6-3-7-11-20/h2-17,23H,1H3,(H,26,28). The topological polar surface area (TPSA) is 46.9 Å². The van der Waals surface area contributed by atoms with E-state index < -0.39 is 0 Å². The van der Waals surface area contributed by atoms with Crippen molar-refractivity contribution in [2.45, 2.75) is 13.0 Å². The van der Waals surface area contributed by atoms with Crippen LogP contribution in [0.5, 0.6) is 0 Å². The molecule has 4 nitrogen and oxygen atoms in total. The zero-order chi connectivity index (χ0) is 19.3. The molecule has 0 unspecified atom stereocenters. The fourth-order valence-electron chi connectivity index (χ4n) is 3.18. The van der Waals surface area contributed by atoms with Crippen molar-refractivity contribution in [3.63, 3.8) is 0 Å². The number of amides is 1. The van der Waals surface area contributed by atoms with Crippen LogP contribution in [0.2, 0.25) is 0 Å². The number of rotatable bonds is 5. The molecule has 0 aliphatic carbocycles. The lowest BCUT2D eigenvalue weighted by Crippen LogP contribution is -2.29. The fourth-order valence-corrected chi connectivity index (χ4v) is 3.18. The number of benzene rings is 3. The van der Waals surface area contributed by atoms with E-state index in [0.29, 0.717) is 5.56 Å². The van der Waals surface area contributed by atoms with Gasteiger partial charge in [0.15, 0.2) is 0 Å². The average molecular weight is 367 g/mol. The first-order chi connectivity index (χ1) is 13.7. The molecule has 4 heteroatoms. The summed E-state index contributed by atoms with van der Waals surface area (Å²) in [6, 6.07) is 27.3. The Morgan fingerprint density at radius 3 is 1.93 bits per heavy atom. The van der Waals surface area contributed by atoms with Gasteiger partial charge in [-0.05, 0) is 47.9 Å². The van der Waals surface area contributed by atoms with Crippen molar-refractivity contribution in [2.75, 3.05) is 0 Å². The molecule has 1 N–H and O–H groups in total. The van der Waals surface area contributed by atoms with E-state index in [1.54, 1.807) is 4.68 Å². The van der Waals surface area contributed by atoms with Gasteiger partial charge in [-0.3, -0.25) is 4.79 Å². The Balaban J connectivity index is 1.58. The Labute approximate surface area is 164 Å². The van der Waals surface area contributed by atoms with Crippen LogP contribution in [0, 0.1) is 6.92 Å². The Kier molecular flexibility index (Phi) is 5.02. The SMILES string of the molecule is Cc1cnn(-c2ccc(C(=O)NC(c3ccccc3)c3ccccc3)cc2)c1. The Bertz CT molecular complexity index is 1010. The second kappa shape index (κ2) is 7.92. The summed E-state index contributed by atoms with van der Waals surface area (Å²) in [6.07, 6.45) is 3.76. The largest absolute Gasteiger partial charge is 0.341 e. The van der Waals surface area contributed by atoms with Crippen LogP contribution in [-0.2, 0) is 0 Å². The van der Waals surface area contributed by atoms with E-state index in [1.165, 1.54) is 0 Å². The highest BCUT2D eigenvalue weighted by Crippen LogP contribution is 2.22. The number of aryl methyl sites for hydroxylation is 1. The molecule has 0 fully saturated rings. The first-order valence-electron chi connectivity index (χ1n) is 9.23. The third-order valence-corrected chi connectivity index (χ3v) is 4.65. The highest BCUT2D eigenvalue weighted by atomic mass is 16.1. The molecule has 138 valence electrons. The normalized spacial score (nSPS) is 10.8. The molecule has 1 amide bonds.